The van der Waals surface area contributed by atoms with E-state index in [-0.39, 0.29) is 5.91 Å². The van der Waals surface area contributed by atoms with Crippen molar-refractivity contribution < 1.29 is 14.3 Å². The van der Waals surface area contributed by atoms with Gasteiger partial charge < -0.3 is 14.8 Å². The van der Waals surface area contributed by atoms with E-state index in [9.17, 15) is 4.79 Å². The predicted octanol–water partition coefficient (Wildman–Crippen LogP) is 3.39. The van der Waals surface area contributed by atoms with Crippen LogP contribution in [0.3, 0.4) is 0 Å². The van der Waals surface area contributed by atoms with E-state index in [1.807, 2.05) is 37.3 Å². The predicted molar refractivity (Wildman–Crippen MR) is 109 cm³/mol. The molecule has 0 aliphatic carbocycles. The average Bonchev–Trinajstić information content (AvgIpc) is 3.08. The highest BCUT2D eigenvalue weighted by Crippen LogP contribution is 2.21. The molecule has 7 heteroatoms. The number of nitrogens with zero attached hydrogens (tertiary/aromatic N) is 2. The minimum absolute atomic E-state index is 0.138. The lowest BCUT2D eigenvalue weighted by Crippen LogP contribution is -2.23. The Balaban J connectivity index is 1.63. The minimum Gasteiger partial charge on any atom is -0.475 e. The van der Waals surface area contributed by atoms with Gasteiger partial charge in [-0.1, -0.05) is 36.4 Å². The molecule has 0 spiro atoms. The van der Waals surface area contributed by atoms with E-state index in [1.54, 1.807) is 13.3 Å². The van der Waals surface area contributed by atoms with E-state index in [0.717, 1.165) is 22.7 Å². The highest BCUT2D eigenvalue weighted by atomic mass is 32.1. The molecule has 0 aliphatic rings. The Labute approximate surface area is 168 Å². The van der Waals surface area contributed by atoms with Gasteiger partial charge in [0.15, 0.2) is 0 Å². The first-order chi connectivity index (χ1) is 13.7. The monoisotopic (exact) mass is 397 g/mol. The summed E-state index contributed by atoms with van der Waals surface area (Å²) < 4.78 is 10.6. The van der Waals surface area contributed by atoms with Crippen LogP contribution in [0.25, 0.3) is 0 Å². The zero-order chi connectivity index (χ0) is 19.8. The second-order valence-electron chi connectivity index (χ2n) is 6.18. The van der Waals surface area contributed by atoms with Crippen molar-refractivity contribution in [1.29, 1.82) is 0 Å². The molecule has 3 rings (SSSR count). The largest absolute Gasteiger partial charge is 0.475 e. The van der Waals surface area contributed by atoms with Crippen molar-refractivity contribution >= 4 is 17.2 Å². The number of aryl methyl sites for hydroxylation is 1. The fourth-order valence-corrected chi connectivity index (χ4v) is 3.69. The molecule has 0 fully saturated rings. The maximum absolute atomic E-state index is 12.7. The van der Waals surface area contributed by atoms with Crippen LogP contribution in [-0.4, -0.2) is 36.2 Å². The second-order valence-corrected chi connectivity index (χ2v) is 7.26. The molecule has 0 saturated heterocycles. The highest BCUT2D eigenvalue weighted by Gasteiger charge is 2.16. The summed E-state index contributed by atoms with van der Waals surface area (Å²) in [5.41, 5.74) is 2.74. The van der Waals surface area contributed by atoms with Crippen LogP contribution in [-0.2, 0) is 17.7 Å². The summed E-state index contributed by atoms with van der Waals surface area (Å²) in [4.78, 5) is 22.1. The molecule has 1 amide bonds. The van der Waals surface area contributed by atoms with E-state index in [0.29, 0.717) is 30.5 Å². The Morgan fingerprint density at radius 1 is 1.14 bits per heavy atom. The number of aromatic nitrogens is 2. The molecule has 0 unspecified atom stereocenters. The van der Waals surface area contributed by atoms with E-state index in [1.165, 1.54) is 16.9 Å². The maximum Gasteiger partial charge on any atom is 0.263 e. The zero-order valence-corrected chi connectivity index (χ0v) is 16.8. The number of carbonyl (C=O) groups is 1. The van der Waals surface area contributed by atoms with E-state index in [2.05, 4.69) is 27.4 Å². The number of pyridine rings is 1. The number of benzene rings is 1. The molecular formula is C21H23N3O3S. The first-order valence-corrected chi connectivity index (χ1v) is 9.83. The topological polar surface area (TPSA) is 73.3 Å². The van der Waals surface area contributed by atoms with Gasteiger partial charge in [0.05, 0.1) is 17.3 Å². The number of hydrogen-bond donors (Lipinski definition) is 1. The summed E-state index contributed by atoms with van der Waals surface area (Å²) in [5, 5.41) is 3.87. The number of rotatable bonds is 9. The van der Waals surface area contributed by atoms with Crippen LogP contribution in [0.15, 0.2) is 48.7 Å². The number of amides is 1. The quantitative estimate of drug-likeness (QED) is 0.560. The second kappa shape index (κ2) is 9.96. The van der Waals surface area contributed by atoms with Gasteiger partial charge in [-0.3, -0.25) is 4.79 Å². The third kappa shape index (κ3) is 5.37. The lowest BCUT2D eigenvalue weighted by atomic mass is 10.2. The van der Waals surface area contributed by atoms with Crippen molar-refractivity contribution in [3.05, 3.63) is 75.4 Å². The molecule has 6 nitrogen and oxygen atoms in total. The van der Waals surface area contributed by atoms with Crippen LogP contribution in [0, 0.1) is 6.92 Å². The average molecular weight is 398 g/mol. The third-order valence-electron chi connectivity index (χ3n) is 4.06. The smallest absolute Gasteiger partial charge is 0.263 e. The third-order valence-corrected chi connectivity index (χ3v) is 5.22. The fraction of sp³-hybridized carbons (Fsp3) is 0.286. The van der Waals surface area contributed by atoms with Crippen molar-refractivity contribution in [2.75, 3.05) is 20.3 Å². The van der Waals surface area contributed by atoms with Gasteiger partial charge in [-0.15, -0.1) is 11.3 Å². The molecule has 0 radical (unpaired) electrons. The van der Waals surface area contributed by atoms with Crippen molar-refractivity contribution in [3.8, 4) is 5.88 Å². The number of hydrogen-bond acceptors (Lipinski definition) is 6. The normalized spacial score (nSPS) is 10.6. The van der Waals surface area contributed by atoms with Crippen LogP contribution in [0.5, 0.6) is 5.88 Å². The van der Waals surface area contributed by atoms with E-state index in [4.69, 9.17) is 9.47 Å². The SMILES string of the molecule is COCCOc1ncccc1CNC(=O)c1sc(Cc2ccccc2)nc1C. The van der Waals surface area contributed by atoms with Crippen LogP contribution in [0.2, 0.25) is 0 Å². The summed E-state index contributed by atoms with van der Waals surface area (Å²) in [6.07, 6.45) is 2.39. The molecule has 146 valence electrons. The standard InChI is InChI=1S/C21H23N3O3S/c1-15-19(28-18(24-15)13-16-7-4-3-5-8-16)20(25)23-14-17-9-6-10-22-21(17)27-12-11-26-2/h3-10H,11-14H2,1-2H3,(H,23,25). The minimum atomic E-state index is -0.138. The lowest BCUT2D eigenvalue weighted by Gasteiger charge is -2.10. The summed E-state index contributed by atoms with van der Waals surface area (Å²) >= 11 is 1.43. The maximum atomic E-state index is 12.7. The molecule has 3 aromatic rings. The molecule has 2 aromatic heterocycles. The zero-order valence-electron chi connectivity index (χ0n) is 16.0. The lowest BCUT2D eigenvalue weighted by molar-refractivity contribution is 0.0953. The number of ether oxygens (including phenoxy) is 2. The molecule has 0 saturated carbocycles. The number of thiazole rings is 1. The van der Waals surface area contributed by atoms with Gasteiger partial charge in [0.2, 0.25) is 5.88 Å². The Hall–Kier alpha value is -2.77. The van der Waals surface area contributed by atoms with Gasteiger partial charge in [0.25, 0.3) is 5.91 Å². The fourth-order valence-electron chi connectivity index (χ4n) is 2.68. The Bertz CT molecular complexity index is 912. The summed E-state index contributed by atoms with van der Waals surface area (Å²) in [7, 11) is 1.62. The molecule has 0 atom stereocenters. The molecule has 0 aliphatic heterocycles. The molecule has 1 N–H and O–H groups in total. The Morgan fingerprint density at radius 3 is 2.75 bits per heavy atom. The van der Waals surface area contributed by atoms with E-state index < -0.39 is 0 Å². The number of methoxy groups -OCH3 is 1. The molecular weight excluding hydrogens is 374 g/mol. The Morgan fingerprint density at radius 2 is 1.96 bits per heavy atom. The van der Waals surface area contributed by atoms with Gasteiger partial charge >= 0.3 is 0 Å². The van der Waals surface area contributed by atoms with Crippen molar-refractivity contribution in [1.82, 2.24) is 15.3 Å². The van der Waals surface area contributed by atoms with Gasteiger partial charge in [0, 0.05) is 31.8 Å². The molecule has 2 heterocycles. The Kier molecular flexibility index (Phi) is 7.11. The van der Waals surface area contributed by atoms with Gasteiger partial charge in [-0.25, -0.2) is 9.97 Å². The summed E-state index contributed by atoms with van der Waals surface area (Å²) in [6, 6.07) is 13.8. The van der Waals surface area contributed by atoms with E-state index >= 15 is 0 Å². The van der Waals surface area contributed by atoms with Crippen LogP contribution in [0.1, 0.15) is 31.5 Å². The van der Waals surface area contributed by atoms with Crippen molar-refractivity contribution in [2.45, 2.75) is 19.9 Å². The van der Waals surface area contributed by atoms with Crippen LogP contribution < -0.4 is 10.1 Å². The van der Waals surface area contributed by atoms with Gasteiger partial charge in [-0.05, 0) is 18.6 Å². The molecule has 1 aromatic carbocycles. The van der Waals surface area contributed by atoms with Gasteiger partial charge in [0.1, 0.15) is 11.5 Å². The van der Waals surface area contributed by atoms with Crippen LogP contribution in [0.4, 0.5) is 0 Å². The first kappa shape index (κ1) is 20.0. The van der Waals surface area contributed by atoms with Crippen molar-refractivity contribution in [3.63, 3.8) is 0 Å². The van der Waals surface area contributed by atoms with Crippen LogP contribution >= 0.6 is 11.3 Å². The number of carbonyl (C=O) groups excluding carboxylic acids is 1. The number of nitrogens with one attached hydrogen (secondary N) is 1. The molecule has 0 bridgehead atoms. The first-order valence-electron chi connectivity index (χ1n) is 9.01. The summed E-state index contributed by atoms with van der Waals surface area (Å²) in [5.74, 6) is 0.367. The summed E-state index contributed by atoms with van der Waals surface area (Å²) in [6.45, 7) is 3.08. The highest BCUT2D eigenvalue weighted by molar-refractivity contribution is 7.13. The van der Waals surface area contributed by atoms with Gasteiger partial charge in [-0.2, -0.15) is 0 Å². The molecule has 28 heavy (non-hydrogen) atoms. The van der Waals surface area contributed by atoms with Crippen molar-refractivity contribution in [2.24, 2.45) is 0 Å².